The maximum Gasteiger partial charge on any atom is 0.325 e. The summed E-state index contributed by atoms with van der Waals surface area (Å²) in [6, 6.07) is -0.825. The zero-order valence-electron chi connectivity index (χ0n) is 5.76. The summed E-state index contributed by atoms with van der Waals surface area (Å²) in [6.07, 6.45) is 0.0671. The second kappa shape index (κ2) is 3.87. The molecule has 4 nitrogen and oxygen atoms in total. The number of rotatable bonds is 3. The van der Waals surface area contributed by atoms with Crippen LogP contribution in [0.3, 0.4) is 0 Å². The first-order valence-electron chi connectivity index (χ1n) is 2.89. The van der Waals surface area contributed by atoms with E-state index in [9.17, 15) is 9.59 Å². The van der Waals surface area contributed by atoms with Crippen molar-refractivity contribution in [2.24, 2.45) is 0 Å². The van der Waals surface area contributed by atoms with Crippen LogP contribution in [-0.2, 0) is 9.59 Å². The summed E-state index contributed by atoms with van der Waals surface area (Å²) in [5, 5.41) is 10.5. The molecule has 0 aromatic rings. The zero-order chi connectivity index (χ0) is 8.15. The van der Waals surface area contributed by atoms with Gasteiger partial charge in [-0.2, -0.15) is 0 Å². The molecule has 0 bridgehead atoms. The second-order valence-corrected chi connectivity index (χ2v) is 1.88. The fraction of sp³-hybridized carbons (Fsp3) is 0.500. The Labute approximate surface area is 59.2 Å². The van der Waals surface area contributed by atoms with Crippen molar-refractivity contribution in [3.63, 3.8) is 0 Å². The van der Waals surface area contributed by atoms with Gasteiger partial charge in [-0.3, -0.25) is 9.59 Å². The van der Waals surface area contributed by atoms with Gasteiger partial charge in [0.1, 0.15) is 6.04 Å². The minimum absolute atomic E-state index is 0.0671. The smallest absolute Gasteiger partial charge is 0.325 e. The summed E-state index contributed by atoms with van der Waals surface area (Å²) in [7, 11) is 0. The summed E-state index contributed by atoms with van der Waals surface area (Å²) in [4.78, 5) is 20.6. The number of hydrogen-bond donors (Lipinski definition) is 2. The van der Waals surface area contributed by atoms with E-state index in [0.29, 0.717) is 0 Å². The molecular formula is C6H10NO3. The lowest BCUT2D eigenvalue weighted by Crippen LogP contribution is -2.37. The molecule has 57 valence electrons. The normalized spacial score (nSPS) is 12.2. The average molecular weight is 144 g/mol. The molecule has 0 aliphatic carbocycles. The van der Waals surface area contributed by atoms with Crippen LogP contribution in [-0.4, -0.2) is 23.0 Å². The Bertz CT molecular complexity index is 144. The Kier molecular flexibility index (Phi) is 3.46. The molecule has 0 aliphatic rings. The predicted octanol–water partition coefficient (Wildman–Crippen LogP) is -0.200. The van der Waals surface area contributed by atoms with Gasteiger partial charge in [-0.05, 0) is 13.8 Å². The summed E-state index contributed by atoms with van der Waals surface area (Å²) in [5.74, 6) is -1.39. The van der Waals surface area contributed by atoms with Crippen molar-refractivity contribution in [1.29, 1.82) is 0 Å². The molecule has 1 atom stereocenters. The van der Waals surface area contributed by atoms with E-state index < -0.39 is 12.0 Å². The van der Waals surface area contributed by atoms with Crippen LogP contribution >= 0.6 is 0 Å². The largest absolute Gasteiger partial charge is 0.480 e. The van der Waals surface area contributed by atoms with Gasteiger partial charge >= 0.3 is 5.97 Å². The maximum absolute atomic E-state index is 10.5. The Morgan fingerprint density at radius 3 is 2.50 bits per heavy atom. The molecule has 2 N–H and O–H groups in total. The Balaban J connectivity index is 3.68. The van der Waals surface area contributed by atoms with Crippen molar-refractivity contribution in [2.75, 3.05) is 0 Å². The van der Waals surface area contributed by atoms with E-state index >= 15 is 0 Å². The van der Waals surface area contributed by atoms with Gasteiger partial charge in [0.2, 0.25) is 5.91 Å². The summed E-state index contributed by atoms with van der Waals surface area (Å²) in [6.45, 7) is 4.69. The first-order valence-corrected chi connectivity index (χ1v) is 2.89. The molecule has 0 fully saturated rings. The van der Waals surface area contributed by atoms with Crippen LogP contribution in [0.2, 0.25) is 0 Å². The van der Waals surface area contributed by atoms with Gasteiger partial charge in [-0.1, -0.05) is 0 Å². The monoisotopic (exact) mass is 144 g/mol. The quantitative estimate of drug-likeness (QED) is 0.576. The molecular weight excluding hydrogens is 134 g/mol. The van der Waals surface area contributed by atoms with Crippen LogP contribution in [0.4, 0.5) is 0 Å². The third-order valence-corrected chi connectivity index (χ3v) is 0.975. The molecule has 1 amide bonds. The molecule has 10 heavy (non-hydrogen) atoms. The van der Waals surface area contributed by atoms with Crippen LogP contribution in [0.15, 0.2) is 0 Å². The molecule has 1 unspecified atom stereocenters. The number of carbonyl (C=O) groups excluding carboxylic acids is 1. The van der Waals surface area contributed by atoms with Crippen LogP contribution in [0, 0.1) is 6.92 Å². The molecule has 4 heteroatoms. The number of carbonyl (C=O) groups is 2. The zero-order valence-corrected chi connectivity index (χ0v) is 5.76. The van der Waals surface area contributed by atoms with Gasteiger partial charge in [0.15, 0.2) is 0 Å². The summed E-state index contributed by atoms with van der Waals surface area (Å²) in [5.41, 5.74) is 0. The minimum atomic E-state index is -1.04. The maximum atomic E-state index is 10.5. The van der Waals surface area contributed by atoms with Gasteiger partial charge in [0.05, 0.1) is 0 Å². The van der Waals surface area contributed by atoms with Crippen LogP contribution in [0.1, 0.15) is 13.3 Å². The third kappa shape index (κ3) is 3.06. The fourth-order valence-corrected chi connectivity index (χ4v) is 0.375. The lowest BCUT2D eigenvalue weighted by atomic mass is 10.3. The highest BCUT2D eigenvalue weighted by atomic mass is 16.4. The van der Waals surface area contributed by atoms with Crippen LogP contribution < -0.4 is 5.32 Å². The van der Waals surface area contributed by atoms with Crippen molar-refractivity contribution in [1.82, 2.24) is 5.32 Å². The van der Waals surface area contributed by atoms with Gasteiger partial charge < -0.3 is 10.4 Å². The standard InChI is InChI=1S/C6H10NO3/c1-3-5(8)7-4(2)6(9)10/h4H,1,3H2,2H3,(H,7,8)(H,9,10). The average Bonchev–Trinajstić information content (AvgIpc) is 1.87. The first kappa shape index (κ1) is 8.94. The van der Waals surface area contributed by atoms with E-state index in [1.807, 2.05) is 0 Å². The van der Waals surface area contributed by atoms with E-state index in [1.54, 1.807) is 0 Å². The number of carboxylic acid groups (broad SMARTS) is 1. The van der Waals surface area contributed by atoms with Crippen LogP contribution in [0.25, 0.3) is 0 Å². The molecule has 0 aromatic carbocycles. The molecule has 0 heterocycles. The minimum Gasteiger partial charge on any atom is -0.480 e. The van der Waals surface area contributed by atoms with Crippen molar-refractivity contribution in [3.05, 3.63) is 6.92 Å². The summed E-state index contributed by atoms with van der Waals surface area (Å²) < 4.78 is 0. The molecule has 0 aliphatic heterocycles. The van der Waals surface area contributed by atoms with Gasteiger partial charge in [-0.15, -0.1) is 0 Å². The van der Waals surface area contributed by atoms with E-state index in [2.05, 4.69) is 12.2 Å². The number of carboxylic acids is 1. The highest BCUT2D eigenvalue weighted by Crippen LogP contribution is 1.82. The number of aliphatic carboxylic acids is 1. The number of hydrogen-bond acceptors (Lipinski definition) is 2. The van der Waals surface area contributed by atoms with Gasteiger partial charge in [-0.25, -0.2) is 0 Å². The van der Waals surface area contributed by atoms with Crippen molar-refractivity contribution in [2.45, 2.75) is 19.4 Å². The highest BCUT2D eigenvalue weighted by molar-refractivity contribution is 5.83. The van der Waals surface area contributed by atoms with Crippen LogP contribution in [0.5, 0.6) is 0 Å². The van der Waals surface area contributed by atoms with Crippen molar-refractivity contribution >= 4 is 11.9 Å². The molecule has 0 aromatic heterocycles. The fourth-order valence-electron chi connectivity index (χ4n) is 0.375. The summed E-state index contributed by atoms with van der Waals surface area (Å²) >= 11 is 0. The molecule has 1 radical (unpaired) electrons. The van der Waals surface area contributed by atoms with E-state index in [4.69, 9.17) is 5.11 Å². The predicted molar refractivity (Wildman–Crippen MR) is 35.2 cm³/mol. The van der Waals surface area contributed by atoms with Gasteiger partial charge in [0.25, 0.3) is 0 Å². The number of nitrogens with one attached hydrogen (secondary N) is 1. The number of amides is 1. The van der Waals surface area contributed by atoms with Gasteiger partial charge in [0, 0.05) is 6.42 Å². The molecule has 0 saturated heterocycles. The van der Waals surface area contributed by atoms with E-state index in [-0.39, 0.29) is 12.3 Å². The van der Waals surface area contributed by atoms with E-state index in [0.717, 1.165) is 0 Å². The molecule has 0 rings (SSSR count). The SMILES string of the molecule is [CH2]CC(=O)NC(C)C(=O)O. The Hall–Kier alpha value is -1.06. The second-order valence-electron chi connectivity index (χ2n) is 1.88. The van der Waals surface area contributed by atoms with Crippen molar-refractivity contribution in [3.8, 4) is 0 Å². The van der Waals surface area contributed by atoms with Crippen molar-refractivity contribution < 1.29 is 14.7 Å². The highest BCUT2D eigenvalue weighted by Gasteiger charge is 2.11. The lowest BCUT2D eigenvalue weighted by molar-refractivity contribution is -0.141. The Morgan fingerprint density at radius 2 is 2.20 bits per heavy atom. The Morgan fingerprint density at radius 1 is 1.70 bits per heavy atom. The lowest BCUT2D eigenvalue weighted by Gasteiger charge is -2.06. The topological polar surface area (TPSA) is 66.4 Å². The van der Waals surface area contributed by atoms with E-state index in [1.165, 1.54) is 6.92 Å². The molecule has 0 saturated carbocycles. The third-order valence-electron chi connectivity index (χ3n) is 0.975. The first-order chi connectivity index (χ1) is 4.57. The molecule has 0 spiro atoms.